The summed E-state index contributed by atoms with van der Waals surface area (Å²) in [5, 5.41) is 8.79. The molecular weight excluding hydrogens is 298 g/mol. The lowest BCUT2D eigenvalue weighted by atomic mass is 10.1. The maximum absolute atomic E-state index is 12.6. The molecule has 7 heteroatoms. The Kier molecular flexibility index (Phi) is 4.52. The van der Waals surface area contributed by atoms with E-state index < -0.39 is 12.4 Å². The second-order valence-corrected chi connectivity index (χ2v) is 3.79. The van der Waals surface area contributed by atoms with E-state index in [1.54, 1.807) is 6.07 Å². The maximum atomic E-state index is 12.6. The predicted octanol–water partition coefficient (Wildman–Crippen LogP) is 2.37. The third-order valence-electron chi connectivity index (χ3n) is 1.99. The Morgan fingerprint density at radius 1 is 1.71 bits per heavy atom. The number of alkyl halides is 2. The molecular formula is C10H7BrF2N2O2. The number of nitrogens with zero attached hydrogens (tertiary/aromatic N) is 2. The molecule has 0 N–H and O–H groups in total. The number of carbonyl (C=O) groups is 1. The lowest BCUT2D eigenvalue weighted by molar-refractivity contribution is -0.139. The van der Waals surface area contributed by atoms with Gasteiger partial charge in [-0.2, -0.15) is 5.26 Å². The van der Waals surface area contributed by atoms with Gasteiger partial charge in [-0.1, -0.05) is 0 Å². The molecule has 1 aromatic rings. The van der Waals surface area contributed by atoms with Gasteiger partial charge in [0.05, 0.1) is 19.1 Å². The first-order valence-electron chi connectivity index (χ1n) is 4.44. The van der Waals surface area contributed by atoms with Crippen molar-refractivity contribution >= 4 is 21.9 Å². The first-order valence-corrected chi connectivity index (χ1v) is 5.23. The van der Waals surface area contributed by atoms with E-state index in [1.165, 1.54) is 7.11 Å². The van der Waals surface area contributed by atoms with Crippen LogP contribution in [0.3, 0.4) is 0 Å². The zero-order valence-corrected chi connectivity index (χ0v) is 10.3. The highest BCUT2D eigenvalue weighted by molar-refractivity contribution is 9.10. The normalized spacial score (nSPS) is 10.1. The Labute approximate surface area is 104 Å². The topological polar surface area (TPSA) is 63.0 Å². The number of aromatic nitrogens is 1. The number of halogens is 3. The first-order chi connectivity index (χ1) is 7.99. The molecule has 0 radical (unpaired) electrons. The first kappa shape index (κ1) is 13.5. The number of nitriles is 1. The van der Waals surface area contributed by atoms with E-state index in [1.807, 2.05) is 0 Å². The zero-order valence-electron chi connectivity index (χ0n) is 8.71. The molecule has 1 rings (SSSR count). The molecule has 0 saturated carbocycles. The molecule has 0 aromatic carbocycles. The number of esters is 1. The van der Waals surface area contributed by atoms with Crippen molar-refractivity contribution in [3.63, 3.8) is 0 Å². The van der Waals surface area contributed by atoms with Crippen molar-refractivity contribution in [2.75, 3.05) is 7.11 Å². The molecule has 0 saturated heterocycles. The van der Waals surface area contributed by atoms with Gasteiger partial charge in [0.1, 0.15) is 16.4 Å². The Morgan fingerprint density at radius 3 is 2.82 bits per heavy atom. The lowest BCUT2D eigenvalue weighted by Crippen LogP contribution is -2.08. The number of hydrogen-bond donors (Lipinski definition) is 0. The second kappa shape index (κ2) is 5.68. The van der Waals surface area contributed by atoms with Gasteiger partial charge >= 0.3 is 5.97 Å². The van der Waals surface area contributed by atoms with Crippen molar-refractivity contribution in [2.45, 2.75) is 12.8 Å². The predicted molar refractivity (Wildman–Crippen MR) is 57.3 cm³/mol. The Morgan fingerprint density at radius 2 is 2.35 bits per heavy atom. The SMILES string of the molecule is COC(=O)Cc1cc(C(F)F)c(Br)nc1C#N. The third-order valence-corrected chi connectivity index (χ3v) is 2.62. The Hall–Kier alpha value is -1.55. The van der Waals surface area contributed by atoms with E-state index in [4.69, 9.17) is 5.26 Å². The van der Waals surface area contributed by atoms with Crippen LogP contribution in [0.4, 0.5) is 8.78 Å². The molecule has 1 heterocycles. The Balaban J connectivity index is 3.23. The average molecular weight is 305 g/mol. The van der Waals surface area contributed by atoms with E-state index in [2.05, 4.69) is 25.7 Å². The van der Waals surface area contributed by atoms with Crippen molar-refractivity contribution in [2.24, 2.45) is 0 Å². The van der Waals surface area contributed by atoms with E-state index in [0.717, 1.165) is 6.07 Å². The molecule has 0 bridgehead atoms. The molecule has 0 fully saturated rings. The highest BCUT2D eigenvalue weighted by Gasteiger charge is 2.18. The van der Waals surface area contributed by atoms with Crippen molar-refractivity contribution < 1.29 is 18.3 Å². The monoisotopic (exact) mass is 304 g/mol. The molecule has 0 atom stereocenters. The summed E-state index contributed by atoms with van der Waals surface area (Å²) in [6, 6.07) is 2.82. The van der Waals surface area contributed by atoms with Gasteiger partial charge in [-0.25, -0.2) is 13.8 Å². The van der Waals surface area contributed by atoms with Crippen molar-refractivity contribution in [1.82, 2.24) is 4.98 Å². The number of ether oxygens (including phenoxy) is 1. The van der Waals surface area contributed by atoms with Crippen LogP contribution in [0.15, 0.2) is 10.7 Å². The molecule has 17 heavy (non-hydrogen) atoms. The van der Waals surface area contributed by atoms with Crippen molar-refractivity contribution in [3.05, 3.63) is 27.5 Å². The molecule has 1 aromatic heterocycles. The van der Waals surface area contributed by atoms with Crippen LogP contribution in [-0.4, -0.2) is 18.1 Å². The quantitative estimate of drug-likeness (QED) is 0.635. The van der Waals surface area contributed by atoms with E-state index in [9.17, 15) is 13.6 Å². The van der Waals surface area contributed by atoms with Crippen LogP contribution < -0.4 is 0 Å². The Bertz CT molecular complexity index is 486. The standard InChI is InChI=1S/C10H7BrF2N2O2/c1-17-8(16)3-5-2-6(10(12)13)9(11)15-7(5)4-14/h2,10H,3H2,1H3. The van der Waals surface area contributed by atoms with Gasteiger partial charge in [-0.3, -0.25) is 4.79 Å². The minimum absolute atomic E-state index is 0.0772. The van der Waals surface area contributed by atoms with E-state index in [0.29, 0.717) is 0 Å². The van der Waals surface area contributed by atoms with Gasteiger partial charge in [-0.15, -0.1) is 0 Å². The molecule has 0 amide bonds. The van der Waals surface area contributed by atoms with Crippen molar-refractivity contribution in [3.8, 4) is 6.07 Å². The van der Waals surface area contributed by atoms with Gasteiger partial charge in [-0.05, 0) is 22.0 Å². The third kappa shape index (κ3) is 3.20. The average Bonchev–Trinajstić information content (AvgIpc) is 2.30. The summed E-state index contributed by atoms with van der Waals surface area (Å²) in [4.78, 5) is 14.7. The second-order valence-electron chi connectivity index (χ2n) is 3.04. The van der Waals surface area contributed by atoms with Gasteiger partial charge in [0, 0.05) is 5.56 Å². The van der Waals surface area contributed by atoms with Crippen LogP contribution in [0, 0.1) is 11.3 Å². The molecule has 0 aliphatic heterocycles. The fraction of sp³-hybridized carbons (Fsp3) is 0.300. The number of rotatable bonds is 3. The minimum Gasteiger partial charge on any atom is -0.469 e. The van der Waals surface area contributed by atoms with Gasteiger partial charge in [0.25, 0.3) is 6.43 Å². The van der Waals surface area contributed by atoms with E-state index in [-0.39, 0.29) is 27.8 Å². The van der Waals surface area contributed by atoms with Gasteiger partial charge < -0.3 is 4.74 Å². The summed E-state index contributed by atoms with van der Waals surface area (Å²) in [5.74, 6) is -0.620. The van der Waals surface area contributed by atoms with Crippen LogP contribution in [-0.2, 0) is 16.0 Å². The summed E-state index contributed by atoms with van der Waals surface area (Å²) in [5.41, 5.74) is -0.313. The van der Waals surface area contributed by atoms with Crippen LogP contribution in [0.2, 0.25) is 0 Å². The van der Waals surface area contributed by atoms with Gasteiger partial charge in [0.15, 0.2) is 0 Å². The molecule has 0 spiro atoms. The molecule has 0 aliphatic carbocycles. The molecule has 4 nitrogen and oxygen atoms in total. The fourth-order valence-electron chi connectivity index (χ4n) is 1.16. The highest BCUT2D eigenvalue weighted by Crippen LogP contribution is 2.28. The fourth-order valence-corrected chi connectivity index (χ4v) is 1.63. The summed E-state index contributed by atoms with van der Waals surface area (Å²) >= 11 is 2.85. The van der Waals surface area contributed by atoms with Crippen LogP contribution in [0.25, 0.3) is 0 Å². The van der Waals surface area contributed by atoms with Gasteiger partial charge in [0.2, 0.25) is 0 Å². The number of pyridine rings is 1. The molecule has 0 aliphatic rings. The summed E-state index contributed by atoms with van der Waals surface area (Å²) in [6.45, 7) is 0. The van der Waals surface area contributed by atoms with E-state index >= 15 is 0 Å². The maximum Gasteiger partial charge on any atom is 0.310 e. The minimum atomic E-state index is -2.74. The molecule has 0 unspecified atom stereocenters. The summed E-state index contributed by atoms with van der Waals surface area (Å²) in [6.07, 6.45) is -3.00. The van der Waals surface area contributed by atoms with Crippen LogP contribution in [0.5, 0.6) is 0 Å². The van der Waals surface area contributed by atoms with Crippen molar-refractivity contribution in [1.29, 1.82) is 5.26 Å². The summed E-state index contributed by atoms with van der Waals surface area (Å²) < 4.78 is 29.5. The lowest BCUT2D eigenvalue weighted by Gasteiger charge is -2.07. The van der Waals surface area contributed by atoms with Crippen LogP contribution >= 0.6 is 15.9 Å². The largest absolute Gasteiger partial charge is 0.469 e. The number of carbonyl (C=O) groups excluding carboxylic acids is 1. The molecule has 90 valence electrons. The van der Waals surface area contributed by atoms with Crippen LogP contribution in [0.1, 0.15) is 23.2 Å². The zero-order chi connectivity index (χ0) is 13.0. The number of hydrogen-bond acceptors (Lipinski definition) is 4. The number of methoxy groups -OCH3 is 1. The smallest absolute Gasteiger partial charge is 0.310 e. The highest BCUT2D eigenvalue weighted by atomic mass is 79.9. The summed E-state index contributed by atoms with van der Waals surface area (Å²) in [7, 11) is 1.18.